The van der Waals surface area contributed by atoms with Gasteiger partial charge in [0.25, 0.3) is 5.91 Å². The Kier molecular flexibility index (Phi) is 4.85. The average molecular weight is 368 g/mol. The summed E-state index contributed by atoms with van der Waals surface area (Å²) < 4.78 is 0. The van der Waals surface area contributed by atoms with Gasteiger partial charge in [0.2, 0.25) is 0 Å². The van der Waals surface area contributed by atoms with Gasteiger partial charge in [-0.3, -0.25) is 10.2 Å². The lowest BCUT2D eigenvalue weighted by atomic mass is 10.0. The Balaban J connectivity index is 1.72. The highest BCUT2D eigenvalue weighted by molar-refractivity contribution is 6.31. The van der Waals surface area contributed by atoms with Crippen LogP contribution in [0.1, 0.15) is 54.2 Å². The number of anilines is 1. The maximum Gasteiger partial charge on any atom is 0.276 e. The topological polar surface area (TPSA) is 44.4 Å². The predicted molar refractivity (Wildman–Crippen MR) is 105 cm³/mol. The van der Waals surface area contributed by atoms with Crippen molar-refractivity contribution < 1.29 is 4.79 Å². The highest BCUT2D eigenvalue weighted by atomic mass is 35.5. The Labute approximate surface area is 158 Å². The van der Waals surface area contributed by atoms with E-state index in [1.54, 1.807) is 5.01 Å². The summed E-state index contributed by atoms with van der Waals surface area (Å²) in [7, 11) is 0. The van der Waals surface area contributed by atoms with E-state index in [4.69, 9.17) is 11.6 Å². The third-order valence-electron chi connectivity index (χ3n) is 4.93. The molecule has 2 aromatic carbocycles. The molecule has 0 aromatic heterocycles. The molecule has 4 nitrogen and oxygen atoms in total. The molecule has 0 spiro atoms. The largest absolute Gasteiger partial charge is 0.359 e. The second kappa shape index (κ2) is 7.42. The third kappa shape index (κ3) is 3.29. The number of fused-ring (bicyclic) bond motifs is 1. The second-order valence-corrected chi connectivity index (χ2v) is 7.14. The molecule has 0 bridgehead atoms. The molecule has 1 aliphatic carbocycles. The molecule has 2 aliphatic rings. The van der Waals surface area contributed by atoms with Gasteiger partial charge in [-0.15, -0.1) is 0 Å². The molecule has 1 aliphatic heterocycles. The zero-order valence-electron chi connectivity index (χ0n) is 14.5. The standard InChI is InChI=1S/C21H22ClN3O/c22-18-13-7-5-11-16(18)20-23-19-14-8-6-12-17(19)21(26)25(20)24-15-9-3-1-2-4-10-15/h5-9,11-14,20,23-24H,1-4,10H2. The van der Waals surface area contributed by atoms with Crippen LogP contribution in [-0.2, 0) is 0 Å². The molecular formula is C21H22ClN3O. The van der Waals surface area contributed by atoms with Gasteiger partial charge in [0.15, 0.2) is 0 Å². The number of para-hydroxylation sites is 1. The number of halogens is 1. The zero-order valence-corrected chi connectivity index (χ0v) is 15.3. The Morgan fingerprint density at radius 1 is 1.04 bits per heavy atom. The van der Waals surface area contributed by atoms with Crippen molar-refractivity contribution in [1.82, 2.24) is 10.4 Å². The number of rotatable bonds is 3. The van der Waals surface area contributed by atoms with Crippen molar-refractivity contribution in [3.8, 4) is 0 Å². The molecule has 26 heavy (non-hydrogen) atoms. The summed E-state index contributed by atoms with van der Waals surface area (Å²) in [5.74, 6) is -0.0468. The van der Waals surface area contributed by atoms with Gasteiger partial charge in [0.1, 0.15) is 6.17 Å². The summed E-state index contributed by atoms with van der Waals surface area (Å²) in [6, 6.07) is 15.2. The minimum atomic E-state index is -0.366. The maximum atomic E-state index is 13.2. The van der Waals surface area contributed by atoms with Crippen molar-refractivity contribution in [3.05, 3.63) is 76.5 Å². The van der Waals surface area contributed by atoms with E-state index in [9.17, 15) is 4.79 Å². The first-order chi connectivity index (χ1) is 12.7. The SMILES string of the molecule is O=C1c2ccccc2NC(c2ccccc2Cl)N1NC1=CCCCCC1. The fraction of sp³-hybridized carbons (Fsp3) is 0.286. The summed E-state index contributed by atoms with van der Waals surface area (Å²) >= 11 is 6.45. The number of nitrogens with zero attached hydrogens (tertiary/aromatic N) is 1. The average Bonchev–Trinajstić information content (AvgIpc) is 2.93. The van der Waals surface area contributed by atoms with Crippen LogP contribution in [0.2, 0.25) is 5.02 Å². The van der Waals surface area contributed by atoms with Crippen molar-refractivity contribution >= 4 is 23.2 Å². The van der Waals surface area contributed by atoms with E-state index in [1.807, 2.05) is 48.5 Å². The minimum Gasteiger partial charge on any atom is -0.359 e. The van der Waals surface area contributed by atoms with Gasteiger partial charge in [-0.05, 0) is 43.9 Å². The quantitative estimate of drug-likeness (QED) is 0.777. The Morgan fingerprint density at radius 3 is 2.73 bits per heavy atom. The molecule has 1 atom stereocenters. The van der Waals surface area contributed by atoms with Gasteiger partial charge < -0.3 is 5.32 Å². The van der Waals surface area contributed by atoms with Crippen molar-refractivity contribution in [2.24, 2.45) is 0 Å². The number of nitrogens with one attached hydrogen (secondary N) is 2. The number of amides is 1. The summed E-state index contributed by atoms with van der Waals surface area (Å²) in [5, 5.41) is 5.79. The van der Waals surface area contributed by atoms with Crippen LogP contribution in [0.5, 0.6) is 0 Å². The van der Waals surface area contributed by atoms with Crippen molar-refractivity contribution in [2.75, 3.05) is 5.32 Å². The number of allylic oxidation sites excluding steroid dienone is 2. The number of carbonyl (C=O) groups excluding carboxylic acids is 1. The summed E-state index contributed by atoms with van der Waals surface area (Å²) in [5.41, 5.74) is 6.86. The minimum absolute atomic E-state index is 0.0468. The predicted octanol–water partition coefficient (Wildman–Crippen LogP) is 5.26. The highest BCUT2D eigenvalue weighted by Gasteiger charge is 2.34. The van der Waals surface area contributed by atoms with E-state index < -0.39 is 0 Å². The van der Waals surface area contributed by atoms with Gasteiger partial charge in [0, 0.05) is 22.0 Å². The van der Waals surface area contributed by atoms with Gasteiger partial charge in [0.05, 0.1) is 5.56 Å². The number of benzene rings is 2. The molecule has 0 radical (unpaired) electrons. The molecule has 5 heteroatoms. The first-order valence-corrected chi connectivity index (χ1v) is 9.51. The molecule has 0 saturated carbocycles. The van der Waals surface area contributed by atoms with Crippen LogP contribution < -0.4 is 10.7 Å². The Hall–Kier alpha value is -2.46. The number of hydrogen-bond donors (Lipinski definition) is 2. The monoisotopic (exact) mass is 367 g/mol. The van der Waals surface area contributed by atoms with Gasteiger partial charge in [-0.25, -0.2) is 5.01 Å². The van der Waals surface area contributed by atoms with Gasteiger partial charge in [-0.2, -0.15) is 0 Å². The maximum absolute atomic E-state index is 13.2. The lowest BCUT2D eigenvalue weighted by Gasteiger charge is -2.39. The van der Waals surface area contributed by atoms with E-state index in [0.29, 0.717) is 10.6 Å². The second-order valence-electron chi connectivity index (χ2n) is 6.73. The van der Waals surface area contributed by atoms with Crippen LogP contribution in [-0.4, -0.2) is 10.9 Å². The summed E-state index contributed by atoms with van der Waals surface area (Å²) in [4.78, 5) is 13.2. The van der Waals surface area contributed by atoms with E-state index in [-0.39, 0.29) is 12.1 Å². The highest BCUT2D eigenvalue weighted by Crippen LogP contribution is 2.35. The molecule has 1 amide bonds. The smallest absolute Gasteiger partial charge is 0.276 e. The molecule has 0 fully saturated rings. The molecule has 4 rings (SSSR count). The van der Waals surface area contributed by atoms with Crippen molar-refractivity contribution in [2.45, 2.75) is 38.3 Å². The van der Waals surface area contributed by atoms with Crippen molar-refractivity contribution in [3.63, 3.8) is 0 Å². The third-order valence-corrected chi connectivity index (χ3v) is 5.28. The van der Waals surface area contributed by atoms with E-state index >= 15 is 0 Å². The normalized spacial score (nSPS) is 19.9. The lowest BCUT2D eigenvalue weighted by molar-refractivity contribution is 0.0586. The first kappa shape index (κ1) is 17.0. The van der Waals surface area contributed by atoms with Crippen LogP contribution in [0.25, 0.3) is 0 Å². The van der Waals surface area contributed by atoms with Crippen LogP contribution in [0.3, 0.4) is 0 Å². The van der Waals surface area contributed by atoms with Crippen LogP contribution in [0, 0.1) is 0 Å². The first-order valence-electron chi connectivity index (χ1n) is 9.13. The van der Waals surface area contributed by atoms with Gasteiger partial charge in [-0.1, -0.05) is 54.4 Å². The summed E-state index contributed by atoms with van der Waals surface area (Å²) in [6.45, 7) is 0. The fourth-order valence-electron chi connectivity index (χ4n) is 3.55. The van der Waals surface area contributed by atoms with E-state index in [1.165, 1.54) is 12.8 Å². The van der Waals surface area contributed by atoms with E-state index in [0.717, 1.165) is 36.2 Å². The fourth-order valence-corrected chi connectivity index (χ4v) is 3.79. The molecule has 2 aromatic rings. The molecule has 1 heterocycles. The molecule has 134 valence electrons. The number of hydrogen-bond acceptors (Lipinski definition) is 3. The van der Waals surface area contributed by atoms with Crippen LogP contribution >= 0.6 is 11.6 Å². The number of carbonyl (C=O) groups is 1. The van der Waals surface area contributed by atoms with Crippen LogP contribution in [0.15, 0.2) is 60.3 Å². The molecule has 2 N–H and O–H groups in total. The molecule has 1 unspecified atom stereocenters. The Morgan fingerprint density at radius 2 is 1.85 bits per heavy atom. The molecular weight excluding hydrogens is 346 g/mol. The zero-order chi connectivity index (χ0) is 17.9. The molecule has 0 saturated heterocycles. The van der Waals surface area contributed by atoms with Crippen molar-refractivity contribution in [1.29, 1.82) is 0 Å². The van der Waals surface area contributed by atoms with E-state index in [2.05, 4.69) is 16.8 Å². The van der Waals surface area contributed by atoms with Gasteiger partial charge >= 0.3 is 0 Å². The van der Waals surface area contributed by atoms with Crippen LogP contribution in [0.4, 0.5) is 5.69 Å². The number of hydrazine groups is 1. The summed E-state index contributed by atoms with van der Waals surface area (Å²) in [6.07, 6.45) is 7.42. The lowest BCUT2D eigenvalue weighted by Crippen LogP contribution is -2.50. The Bertz CT molecular complexity index is 849.